The molecule has 0 aliphatic carbocycles. The van der Waals surface area contributed by atoms with Gasteiger partial charge in [0.25, 0.3) is 5.56 Å². The van der Waals surface area contributed by atoms with Crippen molar-refractivity contribution in [1.82, 2.24) is 14.6 Å². The molecule has 2 heterocycles. The average Bonchev–Trinajstić information content (AvgIpc) is 2.92. The minimum absolute atomic E-state index is 0.125. The van der Waals surface area contributed by atoms with Gasteiger partial charge in [0.1, 0.15) is 17.3 Å². The first-order chi connectivity index (χ1) is 12.4. The topological polar surface area (TPSA) is 50.2 Å². The Kier molecular flexibility index (Phi) is 3.68. The molecule has 4 aromatic rings. The van der Waals surface area contributed by atoms with Gasteiger partial charge >= 0.3 is 0 Å². The molecular formula is C20H15F2N3O. The predicted octanol–water partition coefficient (Wildman–Crippen LogP) is 4.25. The first kappa shape index (κ1) is 16.2. The number of nitrogens with one attached hydrogen (secondary N) is 1. The highest BCUT2D eigenvalue weighted by molar-refractivity contribution is 5.81. The van der Waals surface area contributed by atoms with Gasteiger partial charge in [0.05, 0.1) is 11.4 Å². The maximum Gasteiger partial charge on any atom is 0.274 e. The van der Waals surface area contributed by atoms with E-state index in [1.807, 2.05) is 38.1 Å². The number of hydrogen-bond donors (Lipinski definition) is 1. The van der Waals surface area contributed by atoms with Crippen LogP contribution < -0.4 is 5.56 Å². The summed E-state index contributed by atoms with van der Waals surface area (Å²) in [6.07, 6.45) is 0. The molecular weight excluding hydrogens is 336 g/mol. The van der Waals surface area contributed by atoms with Crippen molar-refractivity contribution in [2.75, 3.05) is 0 Å². The fraction of sp³-hybridized carbons (Fsp3) is 0.100. The number of rotatable bonds is 2. The monoisotopic (exact) mass is 351 g/mol. The van der Waals surface area contributed by atoms with Gasteiger partial charge in [-0.2, -0.15) is 9.61 Å². The van der Waals surface area contributed by atoms with Gasteiger partial charge in [-0.05, 0) is 31.5 Å². The largest absolute Gasteiger partial charge is 0.339 e. The Bertz CT molecular complexity index is 1190. The molecule has 0 bridgehead atoms. The second-order valence-corrected chi connectivity index (χ2v) is 6.23. The van der Waals surface area contributed by atoms with Gasteiger partial charge in [-0.25, -0.2) is 8.78 Å². The van der Waals surface area contributed by atoms with Crippen LogP contribution in [0.15, 0.2) is 53.3 Å². The smallest absolute Gasteiger partial charge is 0.274 e. The maximum atomic E-state index is 14.2. The van der Waals surface area contributed by atoms with E-state index in [0.717, 1.165) is 28.8 Å². The van der Waals surface area contributed by atoms with E-state index in [0.29, 0.717) is 11.3 Å². The van der Waals surface area contributed by atoms with E-state index in [2.05, 4.69) is 10.1 Å². The van der Waals surface area contributed by atoms with Crippen LogP contribution in [-0.4, -0.2) is 14.6 Å². The summed E-state index contributed by atoms with van der Waals surface area (Å²) >= 11 is 0. The van der Waals surface area contributed by atoms with E-state index in [1.165, 1.54) is 16.6 Å². The summed E-state index contributed by atoms with van der Waals surface area (Å²) in [5, 5.41) is 4.30. The van der Waals surface area contributed by atoms with Crippen molar-refractivity contribution < 1.29 is 8.78 Å². The van der Waals surface area contributed by atoms with Crippen LogP contribution in [0, 0.1) is 25.5 Å². The number of halogens is 2. The van der Waals surface area contributed by atoms with Gasteiger partial charge in [-0.1, -0.05) is 29.8 Å². The highest BCUT2D eigenvalue weighted by Gasteiger charge is 2.16. The number of hydrogen-bond acceptors (Lipinski definition) is 2. The third-order valence-corrected chi connectivity index (χ3v) is 4.35. The number of aromatic nitrogens is 3. The molecule has 2 aromatic carbocycles. The molecule has 2 aromatic heterocycles. The Labute approximate surface area is 147 Å². The first-order valence-electron chi connectivity index (χ1n) is 8.09. The minimum Gasteiger partial charge on any atom is -0.339 e. The fourth-order valence-corrected chi connectivity index (χ4v) is 3.07. The van der Waals surface area contributed by atoms with Crippen LogP contribution >= 0.6 is 0 Å². The third-order valence-electron chi connectivity index (χ3n) is 4.35. The average molecular weight is 351 g/mol. The SMILES string of the molecule is Cc1ccc(-c2c(C)nn3c(=O)cc(-c4ccc(F)cc4F)[nH]c23)cc1. The molecule has 26 heavy (non-hydrogen) atoms. The van der Waals surface area contributed by atoms with Crippen molar-refractivity contribution in [3.05, 3.63) is 81.8 Å². The highest BCUT2D eigenvalue weighted by atomic mass is 19.1. The van der Waals surface area contributed by atoms with E-state index in [1.54, 1.807) is 0 Å². The van der Waals surface area contributed by atoms with Gasteiger partial charge in [0, 0.05) is 23.3 Å². The molecule has 0 saturated carbocycles. The zero-order valence-electron chi connectivity index (χ0n) is 14.2. The lowest BCUT2D eigenvalue weighted by molar-refractivity contribution is 0.585. The molecule has 0 spiro atoms. The molecule has 0 atom stereocenters. The number of fused-ring (bicyclic) bond motifs is 1. The first-order valence-corrected chi connectivity index (χ1v) is 8.09. The van der Waals surface area contributed by atoms with E-state index in [9.17, 15) is 13.6 Å². The van der Waals surface area contributed by atoms with Crippen molar-refractivity contribution in [2.45, 2.75) is 13.8 Å². The molecule has 4 nitrogen and oxygen atoms in total. The van der Waals surface area contributed by atoms with Gasteiger partial charge < -0.3 is 4.98 Å². The van der Waals surface area contributed by atoms with Gasteiger partial charge in [0.15, 0.2) is 0 Å². The molecule has 1 N–H and O–H groups in total. The number of benzene rings is 2. The van der Waals surface area contributed by atoms with E-state index < -0.39 is 11.6 Å². The molecule has 0 saturated heterocycles. The van der Waals surface area contributed by atoms with Crippen LogP contribution in [0.3, 0.4) is 0 Å². The molecule has 0 aliphatic heterocycles. The number of aromatic amines is 1. The third kappa shape index (κ3) is 2.60. The maximum absolute atomic E-state index is 14.2. The summed E-state index contributed by atoms with van der Waals surface area (Å²) in [5.41, 5.74) is 3.94. The van der Waals surface area contributed by atoms with Crippen LogP contribution in [0.2, 0.25) is 0 Å². The highest BCUT2D eigenvalue weighted by Crippen LogP contribution is 2.28. The minimum atomic E-state index is -0.738. The molecule has 0 unspecified atom stereocenters. The summed E-state index contributed by atoms with van der Waals surface area (Å²) in [5.74, 6) is -1.41. The predicted molar refractivity (Wildman–Crippen MR) is 96.1 cm³/mol. The van der Waals surface area contributed by atoms with E-state index in [4.69, 9.17) is 0 Å². The van der Waals surface area contributed by atoms with Crippen molar-refractivity contribution in [1.29, 1.82) is 0 Å². The van der Waals surface area contributed by atoms with Gasteiger partial charge in [-0.3, -0.25) is 4.79 Å². The zero-order valence-corrected chi connectivity index (χ0v) is 14.2. The molecule has 4 rings (SSSR count). The summed E-state index contributed by atoms with van der Waals surface area (Å²) < 4.78 is 28.6. The quantitative estimate of drug-likeness (QED) is 0.587. The second-order valence-electron chi connectivity index (χ2n) is 6.23. The van der Waals surface area contributed by atoms with Crippen molar-refractivity contribution in [3.8, 4) is 22.4 Å². The number of H-pyrrole nitrogens is 1. The number of nitrogens with zero attached hydrogens (tertiary/aromatic N) is 2. The lowest BCUT2D eigenvalue weighted by atomic mass is 10.0. The Morgan fingerprint density at radius 3 is 2.42 bits per heavy atom. The van der Waals surface area contributed by atoms with Crippen LogP contribution in [0.25, 0.3) is 28.0 Å². The molecule has 130 valence electrons. The second kappa shape index (κ2) is 5.91. The van der Waals surface area contributed by atoms with Gasteiger partial charge in [-0.15, -0.1) is 0 Å². The van der Waals surface area contributed by atoms with Crippen LogP contribution in [0.4, 0.5) is 8.78 Å². The Morgan fingerprint density at radius 2 is 1.73 bits per heavy atom. The van der Waals surface area contributed by atoms with Crippen LogP contribution in [0.1, 0.15) is 11.3 Å². The Hall–Kier alpha value is -3.28. The van der Waals surface area contributed by atoms with Crippen molar-refractivity contribution >= 4 is 5.65 Å². The summed E-state index contributed by atoms with van der Waals surface area (Å²) in [6.45, 7) is 3.80. The van der Waals surface area contributed by atoms with E-state index >= 15 is 0 Å². The normalized spacial score (nSPS) is 11.2. The Balaban J connectivity index is 2.00. The van der Waals surface area contributed by atoms with Gasteiger partial charge in [0.2, 0.25) is 0 Å². The molecule has 0 radical (unpaired) electrons. The van der Waals surface area contributed by atoms with Crippen molar-refractivity contribution in [2.24, 2.45) is 0 Å². The lowest BCUT2D eigenvalue weighted by Crippen LogP contribution is -2.14. The standard InChI is InChI=1S/C20H15F2N3O/c1-11-3-5-13(6-4-11)19-12(2)24-25-18(26)10-17(23-20(19)25)15-8-7-14(21)9-16(15)22/h3-10,23H,1-2H3. The lowest BCUT2D eigenvalue weighted by Gasteiger charge is -2.06. The van der Waals surface area contributed by atoms with E-state index in [-0.39, 0.29) is 16.8 Å². The summed E-state index contributed by atoms with van der Waals surface area (Å²) in [6, 6.07) is 12.4. The van der Waals surface area contributed by atoms with Crippen LogP contribution in [-0.2, 0) is 0 Å². The molecule has 0 amide bonds. The van der Waals surface area contributed by atoms with Crippen LogP contribution in [0.5, 0.6) is 0 Å². The summed E-state index contributed by atoms with van der Waals surface area (Å²) in [7, 11) is 0. The number of aryl methyl sites for hydroxylation is 2. The summed E-state index contributed by atoms with van der Waals surface area (Å²) in [4.78, 5) is 15.6. The zero-order chi connectivity index (χ0) is 18.4. The molecule has 0 aliphatic rings. The Morgan fingerprint density at radius 1 is 1.00 bits per heavy atom. The molecule has 6 heteroatoms. The molecule has 0 fully saturated rings. The fourth-order valence-electron chi connectivity index (χ4n) is 3.07. The van der Waals surface area contributed by atoms with Crippen molar-refractivity contribution in [3.63, 3.8) is 0 Å².